The number of aryl methyl sites for hydroxylation is 1. The van der Waals surface area contributed by atoms with Gasteiger partial charge in [0.1, 0.15) is 10.6 Å². The quantitative estimate of drug-likeness (QED) is 0.406. The van der Waals surface area contributed by atoms with Crippen LogP contribution >= 0.6 is 23.1 Å². The lowest BCUT2D eigenvalue weighted by molar-refractivity contribution is 0.101. The van der Waals surface area contributed by atoms with Gasteiger partial charge in [-0.25, -0.2) is 8.78 Å². The van der Waals surface area contributed by atoms with Crippen LogP contribution < -0.4 is 5.32 Å². The number of carbonyl (C=O) groups excluding carboxylic acids is 1. The average molecular weight is 430 g/mol. The van der Waals surface area contributed by atoms with Gasteiger partial charge < -0.3 is 5.32 Å². The summed E-state index contributed by atoms with van der Waals surface area (Å²) < 4.78 is 27.5. The lowest BCUT2D eigenvalue weighted by Gasteiger charge is -2.08. The number of nitrogens with one attached hydrogen (secondary N) is 1. The SMILES string of the molecule is C=CSC(=NC)c1ccc(C)c(-c2ccc(NC(=O)c3c(F)cncc3F)s2)c1. The number of aliphatic imine (C=N–C) groups is 1. The molecule has 0 fully saturated rings. The molecule has 148 valence electrons. The molecular formula is C21H17F2N3OS2. The van der Waals surface area contributed by atoms with E-state index in [0.29, 0.717) is 5.00 Å². The predicted octanol–water partition coefficient (Wildman–Crippen LogP) is 5.90. The van der Waals surface area contributed by atoms with E-state index >= 15 is 0 Å². The molecule has 1 N–H and O–H groups in total. The summed E-state index contributed by atoms with van der Waals surface area (Å²) in [7, 11) is 1.72. The largest absolute Gasteiger partial charge is 0.313 e. The average Bonchev–Trinajstić information content (AvgIpc) is 3.14. The van der Waals surface area contributed by atoms with Crippen molar-refractivity contribution in [1.29, 1.82) is 0 Å². The van der Waals surface area contributed by atoms with Crippen molar-refractivity contribution in [3.63, 3.8) is 0 Å². The van der Waals surface area contributed by atoms with Crippen LogP contribution in [0, 0.1) is 18.6 Å². The molecule has 3 rings (SSSR count). The lowest BCUT2D eigenvalue weighted by Crippen LogP contribution is -2.15. The molecular weight excluding hydrogens is 412 g/mol. The number of thiophene rings is 1. The molecule has 2 aromatic heterocycles. The number of carbonyl (C=O) groups is 1. The lowest BCUT2D eigenvalue weighted by atomic mass is 10.0. The molecule has 0 spiro atoms. The van der Waals surface area contributed by atoms with Gasteiger partial charge in [0.15, 0.2) is 11.6 Å². The molecule has 8 heteroatoms. The summed E-state index contributed by atoms with van der Waals surface area (Å²) in [6.45, 7) is 5.72. The summed E-state index contributed by atoms with van der Waals surface area (Å²) in [6.07, 6.45) is 1.61. The fourth-order valence-corrected chi connectivity index (χ4v) is 4.21. The summed E-state index contributed by atoms with van der Waals surface area (Å²) in [5.74, 6) is -2.87. The third-order valence-electron chi connectivity index (χ3n) is 4.07. The van der Waals surface area contributed by atoms with Gasteiger partial charge in [0.2, 0.25) is 0 Å². The Morgan fingerprint density at radius 1 is 1.24 bits per heavy atom. The van der Waals surface area contributed by atoms with Gasteiger partial charge in [-0.1, -0.05) is 30.5 Å². The number of pyridine rings is 1. The molecule has 1 aromatic carbocycles. The van der Waals surface area contributed by atoms with E-state index in [-0.39, 0.29) is 0 Å². The van der Waals surface area contributed by atoms with Gasteiger partial charge in [-0.3, -0.25) is 14.8 Å². The maximum atomic E-state index is 13.8. The number of nitrogens with zero attached hydrogens (tertiary/aromatic N) is 2. The molecule has 0 saturated carbocycles. The van der Waals surface area contributed by atoms with Crippen LogP contribution in [0.5, 0.6) is 0 Å². The smallest absolute Gasteiger partial charge is 0.262 e. The van der Waals surface area contributed by atoms with Crippen molar-refractivity contribution >= 4 is 39.1 Å². The Hall–Kier alpha value is -2.84. The minimum absolute atomic E-state index is 0.482. The topological polar surface area (TPSA) is 54.4 Å². The van der Waals surface area contributed by atoms with Gasteiger partial charge in [-0.15, -0.1) is 11.3 Å². The molecule has 0 aliphatic carbocycles. The third-order valence-corrected chi connectivity index (χ3v) is 5.91. The Balaban J connectivity index is 1.88. The maximum Gasteiger partial charge on any atom is 0.262 e. The molecule has 0 radical (unpaired) electrons. The van der Waals surface area contributed by atoms with Gasteiger partial charge in [-0.2, -0.15) is 0 Å². The Morgan fingerprint density at radius 3 is 2.62 bits per heavy atom. The zero-order chi connectivity index (χ0) is 21.0. The molecule has 3 aromatic rings. The normalized spacial score (nSPS) is 11.4. The predicted molar refractivity (Wildman–Crippen MR) is 117 cm³/mol. The first-order valence-corrected chi connectivity index (χ1v) is 10.2. The molecule has 1 amide bonds. The number of halogens is 2. The number of rotatable bonds is 5. The van der Waals surface area contributed by atoms with Crippen LogP contribution in [0.2, 0.25) is 0 Å². The number of hydrogen-bond donors (Lipinski definition) is 1. The summed E-state index contributed by atoms with van der Waals surface area (Å²) in [5, 5.41) is 5.59. The van der Waals surface area contributed by atoms with E-state index in [1.165, 1.54) is 23.1 Å². The summed E-state index contributed by atoms with van der Waals surface area (Å²) in [6, 6.07) is 9.57. The van der Waals surface area contributed by atoms with Crippen LogP contribution in [-0.2, 0) is 0 Å². The van der Waals surface area contributed by atoms with Gasteiger partial charge in [0.05, 0.1) is 17.4 Å². The van der Waals surface area contributed by atoms with Crippen LogP contribution in [-0.4, -0.2) is 23.0 Å². The van der Waals surface area contributed by atoms with Gasteiger partial charge >= 0.3 is 0 Å². The zero-order valence-electron chi connectivity index (χ0n) is 15.7. The maximum absolute atomic E-state index is 13.8. The highest BCUT2D eigenvalue weighted by Gasteiger charge is 2.19. The van der Waals surface area contributed by atoms with Crippen molar-refractivity contribution in [2.45, 2.75) is 6.92 Å². The fourth-order valence-electron chi connectivity index (χ4n) is 2.70. The molecule has 4 nitrogen and oxygen atoms in total. The third kappa shape index (κ3) is 4.60. The fraction of sp³-hybridized carbons (Fsp3) is 0.0952. The van der Waals surface area contributed by atoms with Crippen LogP contribution in [0.4, 0.5) is 13.8 Å². The minimum Gasteiger partial charge on any atom is -0.313 e. The number of benzene rings is 1. The first-order valence-electron chi connectivity index (χ1n) is 8.50. The van der Waals surface area contributed by atoms with Gasteiger partial charge in [0, 0.05) is 17.5 Å². The van der Waals surface area contributed by atoms with E-state index < -0.39 is 23.1 Å². The number of aromatic nitrogens is 1. The van der Waals surface area contributed by atoms with E-state index in [0.717, 1.165) is 39.0 Å². The summed E-state index contributed by atoms with van der Waals surface area (Å²) in [5.41, 5.74) is 2.34. The highest BCUT2D eigenvalue weighted by Crippen LogP contribution is 2.35. The van der Waals surface area contributed by atoms with E-state index in [1.54, 1.807) is 18.5 Å². The van der Waals surface area contributed by atoms with Crippen LogP contribution in [0.25, 0.3) is 10.4 Å². The van der Waals surface area contributed by atoms with Gasteiger partial charge in [-0.05, 0) is 41.7 Å². The highest BCUT2D eigenvalue weighted by molar-refractivity contribution is 8.16. The molecule has 0 aliphatic rings. The minimum atomic E-state index is -1.01. The Kier molecular flexibility index (Phi) is 6.56. The molecule has 0 aliphatic heterocycles. The molecule has 0 atom stereocenters. The first-order chi connectivity index (χ1) is 13.9. The Bertz CT molecular complexity index is 1090. The Labute approximate surface area is 175 Å². The summed E-state index contributed by atoms with van der Waals surface area (Å²) >= 11 is 2.75. The number of anilines is 1. The van der Waals surface area contributed by atoms with Crippen molar-refractivity contribution in [3.05, 3.63) is 83.0 Å². The van der Waals surface area contributed by atoms with Crippen molar-refractivity contribution < 1.29 is 13.6 Å². The second kappa shape index (κ2) is 9.11. The molecule has 29 heavy (non-hydrogen) atoms. The molecule has 2 heterocycles. The molecule has 0 saturated heterocycles. The van der Waals surface area contributed by atoms with Crippen LogP contribution in [0.3, 0.4) is 0 Å². The monoisotopic (exact) mass is 429 g/mol. The van der Waals surface area contributed by atoms with E-state index in [1.807, 2.05) is 31.2 Å². The number of hydrogen-bond acceptors (Lipinski definition) is 5. The second-order valence-corrected chi connectivity index (χ2v) is 7.98. The van der Waals surface area contributed by atoms with Crippen molar-refractivity contribution in [3.8, 4) is 10.4 Å². The first kappa shape index (κ1) is 20.9. The van der Waals surface area contributed by atoms with Crippen molar-refractivity contribution in [2.24, 2.45) is 4.99 Å². The van der Waals surface area contributed by atoms with Crippen LogP contribution in [0.15, 0.2) is 59.7 Å². The second-order valence-electron chi connectivity index (χ2n) is 5.94. The van der Waals surface area contributed by atoms with E-state index in [9.17, 15) is 13.6 Å². The van der Waals surface area contributed by atoms with Gasteiger partial charge in [0.25, 0.3) is 5.91 Å². The van der Waals surface area contributed by atoms with E-state index in [4.69, 9.17) is 0 Å². The van der Waals surface area contributed by atoms with Crippen LogP contribution in [0.1, 0.15) is 21.5 Å². The number of thioether (sulfide) groups is 1. The highest BCUT2D eigenvalue weighted by atomic mass is 32.2. The summed E-state index contributed by atoms with van der Waals surface area (Å²) in [4.78, 5) is 20.9. The van der Waals surface area contributed by atoms with E-state index in [2.05, 4.69) is 21.9 Å². The number of amides is 1. The van der Waals surface area contributed by atoms with Crippen molar-refractivity contribution in [1.82, 2.24) is 4.98 Å². The zero-order valence-corrected chi connectivity index (χ0v) is 17.3. The van der Waals surface area contributed by atoms with Crippen molar-refractivity contribution in [2.75, 3.05) is 12.4 Å². The molecule has 0 unspecified atom stereocenters. The Morgan fingerprint density at radius 2 is 1.97 bits per heavy atom. The standard InChI is InChI=1S/C21H17F2N3OS2/c1-4-28-21(24-3)13-6-5-12(2)14(9-13)17-7-8-18(29-17)26-20(27)19-15(22)10-25-11-16(19)23/h4-11H,1H2,2-3H3,(H,26,27). The molecule has 0 bridgehead atoms.